The van der Waals surface area contributed by atoms with Gasteiger partial charge in [0.15, 0.2) is 0 Å². The summed E-state index contributed by atoms with van der Waals surface area (Å²) < 4.78 is 1.22. The summed E-state index contributed by atoms with van der Waals surface area (Å²) in [5, 5.41) is 1.11. The number of benzene rings is 1. The molecule has 5 heteroatoms. The van der Waals surface area contributed by atoms with Crippen molar-refractivity contribution in [3.8, 4) is 0 Å². The second kappa shape index (κ2) is 4.97. The molecule has 3 rings (SSSR count). The molecule has 1 saturated heterocycles. The number of likely N-dealkylation sites (tertiary alicyclic amines) is 1. The molecular formula is C13H13BrN2OS. The number of alkyl halides is 1. The van der Waals surface area contributed by atoms with Crippen LogP contribution in [0.15, 0.2) is 24.3 Å². The number of aromatic nitrogens is 1. The van der Waals surface area contributed by atoms with Crippen LogP contribution in [0.3, 0.4) is 0 Å². The molecular weight excluding hydrogens is 312 g/mol. The van der Waals surface area contributed by atoms with Crippen molar-refractivity contribution in [2.45, 2.75) is 17.7 Å². The van der Waals surface area contributed by atoms with Gasteiger partial charge in [0, 0.05) is 30.8 Å². The van der Waals surface area contributed by atoms with Crippen molar-refractivity contribution in [3.63, 3.8) is 0 Å². The van der Waals surface area contributed by atoms with Crippen LogP contribution < -0.4 is 0 Å². The van der Waals surface area contributed by atoms with E-state index in [9.17, 15) is 4.79 Å². The molecule has 1 amide bonds. The fraction of sp³-hybridized carbons (Fsp3) is 0.385. The van der Waals surface area contributed by atoms with E-state index in [1.807, 2.05) is 23.1 Å². The second-order valence-corrected chi connectivity index (χ2v) is 6.88. The Morgan fingerprint density at radius 2 is 2.28 bits per heavy atom. The number of nitrogens with zero attached hydrogens (tertiary/aromatic N) is 2. The predicted molar refractivity (Wildman–Crippen MR) is 77.2 cm³/mol. The van der Waals surface area contributed by atoms with Gasteiger partial charge in [-0.05, 0) is 12.1 Å². The Labute approximate surface area is 118 Å². The van der Waals surface area contributed by atoms with Crippen molar-refractivity contribution >= 4 is 43.4 Å². The van der Waals surface area contributed by atoms with Gasteiger partial charge < -0.3 is 4.90 Å². The van der Waals surface area contributed by atoms with E-state index in [0.29, 0.717) is 11.2 Å². The molecule has 2 aromatic rings. The van der Waals surface area contributed by atoms with Gasteiger partial charge in [-0.2, -0.15) is 0 Å². The minimum Gasteiger partial charge on any atom is -0.341 e. The summed E-state index contributed by atoms with van der Waals surface area (Å²) in [5.41, 5.74) is 1.06. The third-order valence-corrected chi connectivity index (χ3v) is 4.81. The number of halogens is 1. The summed E-state index contributed by atoms with van der Waals surface area (Å²) in [6.45, 7) is 1.60. The zero-order valence-electron chi connectivity index (χ0n) is 9.80. The Balaban J connectivity index is 1.68. The summed E-state index contributed by atoms with van der Waals surface area (Å²) in [6, 6.07) is 8.16. The molecule has 0 aliphatic carbocycles. The highest BCUT2D eigenvalue weighted by Crippen LogP contribution is 2.23. The molecule has 94 valence electrons. The molecule has 0 saturated carbocycles. The van der Waals surface area contributed by atoms with Crippen LogP contribution in [0.4, 0.5) is 0 Å². The van der Waals surface area contributed by atoms with E-state index in [1.165, 1.54) is 4.70 Å². The number of para-hydroxylation sites is 1. The van der Waals surface area contributed by atoms with E-state index in [4.69, 9.17) is 0 Å². The van der Waals surface area contributed by atoms with E-state index >= 15 is 0 Å². The number of amides is 1. The zero-order chi connectivity index (χ0) is 12.5. The lowest BCUT2D eigenvalue weighted by Crippen LogP contribution is -2.27. The molecule has 1 unspecified atom stereocenters. The summed E-state index contributed by atoms with van der Waals surface area (Å²) in [4.78, 5) is 18.5. The van der Waals surface area contributed by atoms with Crippen LogP contribution in [-0.4, -0.2) is 33.7 Å². The largest absolute Gasteiger partial charge is 0.341 e. The zero-order valence-corrected chi connectivity index (χ0v) is 12.2. The van der Waals surface area contributed by atoms with Crippen LogP contribution in [0.5, 0.6) is 0 Å². The number of fused-ring (bicyclic) bond motifs is 1. The maximum Gasteiger partial charge on any atom is 0.223 e. The first kappa shape index (κ1) is 12.1. The van der Waals surface area contributed by atoms with Gasteiger partial charge in [0.25, 0.3) is 0 Å². The summed E-state index contributed by atoms with van der Waals surface area (Å²) >= 11 is 5.22. The third kappa shape index (κ3) is 2.42. The highest BCUT2D eigenvalue weighted by molar-refractivity contribution is 9.09. The standard InChI is InChI=1S/C13H13BrN2OS/c14-9-7-13(17)16(8-9)6-5-12-15-10-3-1-2-4-11(10)18-12/h1-4,9H,5-8H2. The first-order valence-electron chi connectivity index (χ1n) is 5.98. The predicted octanol–water partition coefficient (Wildman–Crippen LogP) is 2.83. The van der Waals surface area contributed by atoms with Crippen LogP contribution in [-0.2, 0) is 11.2 Å². The Hall–Kier alpha value is -0.940. The third-order valence-electron chi connectivity index (χ3n) is 3.10. The van der Waals surface area contributed by atoms with Crippen molar-refractivity contribution in [2.75, 3.05) is 13.1 Å². The maximum atomic E-state index is 11.7. The molecule has 1 aliphatic heterocycles. The molecule has 0 bridgehead atoms. The van der Waals surface area contributed by atoms with Crippen LogP contribution in [0.25, 0.3) is 10.2 Å². The van der Waals surface area contributed by atoms with Crippen LogP contribution in [0.1, 0.15) is 11.4 Å². The van der Waals surface area contributed by atoms with Gasteiger partial charge in [0.05, 0.1) is 15.2 Å². The van der Waals surface area contributed by atoms with Gasteiger partial charge in [0.2, 0.25) is 5.91 Å². The summed E-state index contributed by atoms with van der Waals surface area (Å²) in [6.07, 6.45) is 1.48. The van der Waals surface area contributed by atoms with Gasteiger partial charge >= 0.3 is 0 Å². The summed E-state index contributed by atoms with van der Waals surface area (Å²) in [7, 11) is 0. The quantitative estimate of drug-likeness (QED) is 0.813. The lowest BCUT2D eigenvalue weighted by Gasteiger charge is -2.14. The average molecular weight is 325 g/mol. The number of rotatable bonds is 3. The highest BCUT2D eigenvalue weighted by atomic mass is 79.9. The minimum absolute atomic E-state index is 0.248. The molecule has 1 aromatic heterocycles. The molecule has 2 heterocycles. The summed E-state index contributed by atoms with van der Waals surface area (Å²) in [5.74, 6) is 0.248. The molecule has 1 aromatic carbocycles. The van der Waals surface area contributed by atoms with Crippen molar-refractivity contribution in [3.05, 3.63) is 29.3 Å². The monoisotopic (exact) mass is 324 g/mol. The number of carbonyl (C=O) groups is 1. The van der Waals surface area contributed by atoms with Crippen molar-refractivity contribution in [2.24, 2.45) is 0 Å². The molecule has 1 aliphatic rings. The van der Waals surface area contributed by atoms with Gasteiger partial charge in [-0.1, -0.05) is 28.1 Å². The lowest BCUT2D eigenvalue weighted by molar-refractivity contribution is -0.127. The number of hydrogen-bond acceptors (Lipinski definition) is 3. The molecule has 0 spiro atoms. The fourth-order valence-corrected chi connectivity index (χ4v) is 3.78. The smallest absolute Gasteiger partial charge is 0.223 e. The van der Waals surface area contributed by atoms with E-state index in [-0.39, 0.29) is 5.91 Å². The Kier molecular flexibility index (Phi) is 3.35. The SMILES string of the molecule is O=C1CC(Br)CN1CCc1nc2ccccc2s1. The fourth-order valence-electron chi connectivity index (χ4n) is 2.20. The molecule has 1 atom stereocenters. The molecule has 18 heavy (non-hydrogen) atoms. The van der Waals surface area contributed by atoms with E-state index in [2.05, 4.69) is 27.0 Å². The molecule has 1 fully saturated rings. The van der Waals surface area contributed by atoms with Gasteiger partial charge in [-0.3, -0.25) is 4.79 Å². The average Bonchev–Trinajstić information content (AvgIpc) is 2.89. The number of hydrogen-bond donors (Lipinski definition) is 0. The lowest BCUT2D eigenvalue weighted by atomic mass is 10.3. The number of thiazole rings is 1. The highest BCUT2D eigenvalue weighted by Gasteiger charge is 2.27. The second-order valence-electron chi connectivity index (χ2n) is 4.47. The van der Waals surface area contributed by atoms with Crippen molar-refractivity contribution in [1.82, 2.24) is 9.88 Å². The first-order valence-corrected chi connectivity index (χ1v) is 7.72. The van der Waals surface area contributed by atoms with Gasteiger partial charge in [-0.15, -0.1) is 11.3 Å². The van der Waals surface area contributed by atoms with E-state index < -0.39 is 0 Å². The Bertz CT molecular complexity index is 550. The topological polar surface area (TPSA) is 33.2 Å². The van der Waals surface area contributed by atoms with Gasteiger partial charge in [-0.25, -0.2) is 4.98 Å². The Morgan fingerprint density at radius 1 is 1.44 bits per heavy atom. The molecule has 0 N–H and O–H groups in total. The normalized spacial score (nSPS) is 19.9. The van der Waals surface area contributed by atoms with Crippen LogP contribution in [0, 0.1) is 0 Å². The van der Waals surface area contributed by atoms with E-state index in [1.54, 1.807) is 11.3 Å². The molecule has 0 radical (unpaired) electrons. The maximum absolute atomic E-state index is 11.7. The van der Waals surface area contributed by atoms with Crippen molar-refractivity contribution < 1.29 is 4.79 Å². The van der Waals surface area contributed by atoms with Crippen LogP contribution in [0.2, 0.25) is 0 Å². The van der Waals surface area contributed by atoms with Gasteiger partial charge in [0.1, 0.15) is 0 Å². The van der Waals surface area contributed by atoms with Crippen LogP contribution >= 0.6 is 27.3 Å². The molecule has 3 nitrogen and oxygen atoms in total. The van der Waals surface area contributed by atoms with E-state index in [0.717, 1.165) is 30.0 Å². The Morgan fingerprint density at radius 3 is 3.00 bits per heavy atom. The van der Waals surface area contributed by atoms with Crippen molar-refractivity contribution in [1.29, 1.82) is 0 Å². The minimum atomic E-state index is 0.248. The number of carbonyl (C=O) groups excluding carboxylic acids is 1. The first-order chi connectivity index (χ1) is 8.72.